The lowest BCUT2D eigenvalue weighted by Crippen LogP contribution is -2.52. The molecule has 11 nitrogen and oxygen atoms in total. The highest BCUT2D eigenvalue weighted by Crippen LogP contribution is 2.34. The van der Waals surface area contributed by atoms with Gasteiger partial charge in [0.15, 0.2) is 0 Å². The van der Waals surface area contributed by atoms with Crippen LogP contribution in [0.3, 0.4) is 0 Å². The number of carbonyl (C=O) groups is 2. The lowest BCUT2D eigenvalue weighted by molar-refractivity contribution is -0.384. The molecule has 2 amide bonds. The third-order valence-electron chi connectivity index (χ3n) is 5.76. The number of nitro benzene ring substituents is 1. The Balaban J connectivity index is 2.50. The van der Waals surface area contributed by atoms with Gasteiger partial charge in [-0.1, -0.05) is 30.7 Å². The number of non-ortho nitro benzene ring substituents is 1. The summed E-state index contributed by atoms with van der Waals surface area (Å²) in [6.07, 6.45) is 1.55. The van der Waals surface area contributed by atoms with Gasteiger partial charge in [0.2, 0.25) is 21.8 Å². The van der Waals surface area contributed by atoms with Crippen LogP contribution in [0.15, 0.2) is 42.5 Å². The number of nitrogens with zero attached hydrogens (tertiary/aromatic N) is 3. The number of benzene rings is 2. The van der Waals surface area contributed by atoms with Gasteiger partial charge in [0.1, 0.15) is 24.0 Å². The van der Waals surface area contributed by atoms with Gasteiger partial charge < -0.3 is 15.0 Å². The van der Waals surface area contributed by atoms with Crippen LogP contribution in [0.4, 0.5) is 11.4 Å². The largest absolute Gasteiger partial charge is 0.495 e. The summed E-state index contributed by atoms with van der Waals surface area (Å²) in [6, 6.07) is 9.02. The highest BCUT2D eigenvalue weighted by molar-refractivity contribution is 7.92. The number of rotatable bonds is 12. The number of amides is 2. The van der Waals surface area contributed by atoms with E-state index in [1.165, 1.54) is 24.1 Å². The Hall–Kier alpha value is -3.38. The van der Waals surface area contributed by atoms with Crippen molar-refractivity contribution in [2.75, 3.05) is 24.2 Å². The van der Waals surface area contributed by atoms with Crippen molar-refractivity contribution in [3.05, 3.63) is 63.2 Å². The molecule has 0 saturated carbocycles. The maximum atomic E-state index is 13.6. The molecule has 0 saturated heterocycles. The molecule has 2 aromatic rings. The van der Waals surface area contributed by atoms with Gasteiger partial charge in [-0.25, -0.2) is 8.42 Å². The van der Waals surface area contributed by atoms with Gasteiger partial charge in [-0.15, -0.1) is 0 Å². The Labute approximate surface area is 221 Å². The fourth-order valence-electron chi connectivity index (χ4n) is 3.42. The monoisotopic (exact) mass is 554 g/mol. The van der Waals surface area contributed by atoms with Crippen LogP contribution < -0.4 is 14.4 Å². The number of nitrogens with one attached hydrogen (secondary N) is 1. The maximum Gasteiger partial charge on any atom is 0.271 e. The number of ether oxygens (including phenoxy) is 1. The first kappa shape index (κ1) is 29.8. The smallest absolute Gasteiger partial charge is 0.271 e. The summed E-state index contributed by atoms with van der Waals surface area (Å²) in [4.78, 5) is 38.4. The van der Waals surface area contributed by atoms with Gasteiger partial charge in [0, 0.05) is 29.7 Å². The highest BCUT2D eigenvalue weighted by Gasteiger charge is 2.32. The molecule has 0 spiro atoms. The van der Waals surface area contributed by atoms with Crippen LogP contribution in [-0.2, 0) is 26.2 Å². The Morgan fingerprint density at radius 2 is 1.78 bits per heavy atom. The van der Waals surface area contributed by atoms with Crippen molar-refractivity contribution >= 4 is 44.8 Å². The molecule has 0 aromatic heterocycles. The zero-order valence-corrected chi connectivity index (χ0v) is 22.9. The van der Waals surface area contributed by atoms with Crippen LogP contribution in [0.25, 0.3) is 0 Å². The van der Waals surface area contributed by atoms with E-state index < -0.39 is 39.3 Å². The van der Waals surface area contributed by atoms with E-state index in [9.17, 15) is 28.1 Å². The first-order valence-electron chi connectivity index (χ1n) is 11.4. The summed E-state index contributed by atoms with van der Waals surface area (Å²) in [7, 11) is -2.82. The third kappa shape index (κ3) is 8.05. The zero-order valence-electron chi connectivity index (χ0n) is 21.3. The van der Waals surface area contributed by atoms with Crippen LogP contribution in [0.2, 0.25) is 5.02 Å². The van der Waals surface area contributed by atoms with Crippen molar-refractivity contribution in [3.63, 3.8) is 0 Å². The van der Waals surface area contributed by atoms with E-state index >= 15 is 0 Å². The highest BCUT2D eigenvalue weighted by atomic mass is 35.5. The topological polar surface area (TPSA) is 139 Å². The van der Waals surface area contributed by atoms with E-state index in [1.807, 2.05) is 13.8 Å². The van der Waals surface area contributed by atoms with Crippen molar-refractivity contribution in [2.24, 2.45) is 0 Å². The number of anilines is 1. The molecular weight excluding hydrogens is 524 g/mol. The van der Waals surface area contributed by atoms with Gasteiger partial charge >= 0.3 is 0 Å². The Morgan fingerprint density at radius 3 is 2.30 bits per heavy atom. The number of hydrogen-bond acceptors (Lipinski definition) is 7. The van der Waals surface area contributed by atoms with Crippen molar-refractivity contribution in [1.29, 1.82) is 0 Å². The molecule has 0 bridgehead atoms. The fraction of sp³-hybridized carbons (Fsp3) is 0.417. The Morgan fingerprint density at radius 1 is 1.16 bits per heavy atom. The van der Waals surface area contributed by atoms with Crippen molar-refractivity contribution in [3.8, 4) is 5.75 Å². The second-order valence-corrected chi connectivity index (χ2v) is 10.9. The van der Waals surface area contributed by atoms with Gasteiger partial charge in [-0.2, -0.15) is 0 Å². The quantitative estimate of drug-likeness (QED) is 0.313. The number of carbonyl (C=O) groups excluding carboxylic acids is 2. The second kappa shape index (κ2) is 12.7. The predicted molar refractivity (Wildman–Crippen MR) is 141 cm³/mol. The molecule has 1 N–H and O–H groups in total. The van der Waals surface area contributed by atoms with E-state index in [1.54, 1.807) is 31.2 Å². The normalized spacial score (nSPS) is 12.8. The number of methoxy groups -OCH3 is 1. The molecule has 0 aliphatic heterocycles. The van der Waals surface area contributed by atoms with Gasteiger partial charge in [0.05, 0.1) is 18.3 Å². The molecule has 0 radical (unpaired) electrons. The Bertz CT molecular complexity index is 1240. The van der Waals surface area contributed by atoms with E-state index in [0.29, 0.717) is 17.0 Å². The lowest BCUT2D eigenvalue weighted by Gasteiger charge is -2.32. The second-order valence-electron chi connectivity index (χ2n) is 8.52. The van der Waals surface area contributed by atoms with Gasteiger partial charge in [-0.05, 0) is 44.0 Å². The first-order chi connectivity index (χ1) is 17.3. The third-order valence-corrected chi connectivity index (χ3v) is 7.13. The zero-order chi connectivity index (χ0) is 27.9. The molecule has 2 atom stereocenters. The van der Waals surface area contributed by atoms with Crippen LogP contribution in [0, 0.1) is 10.1 Å². The minimum absolute atomic E-state index is 0.00519. The van der Waals surface area contributed by atoms with Crippen molar-refractivity contribution in [2.45, 2.75) is 45.8 Å². The number of nitro groups is 1. The molecule has 0 aliphatic carbocycles. The molecule has 202 valence electrons. The van der Waals surface area contributed by atoms with Gasteiger partial charge in [-0.3, -0.25) is 24.0 Å². The average Bonchev–Trinajstić information content (AvgIpc) is 2.85. The van der Waals surface area contributed by atoms with Crippen molar-refractivity contribution < 1.29 is 27.7 Å². The summed E-state index contributed by atoms with van der Waals surface area (Å²) in [5.74, 6) is -1.08. The number of halogens is 1. The molecular formula is C24H31ClN4O7S. The summed E-state index contributed by atoms with van der Waals surface area (Å²) in [6.45, 7) is 4.56. The summed E-state index contributed by atoms with van der Waals surface area (Å²) in [5.41, 5.74) is 0.117. The predicted octanol–water partition coefficient (Wildman–Crippen LogP) is 3.35. The lowest BCUT2D eigenvalue weighted by atomic mass is 10.1. The fourth-order valence-corrected chi connectivity index (χ4v) is 4.39. The standard InChI is InChI=1S/C24H31ClN4O7S/c1-6-16(2)26-24(31)17(3)27(14-18-7-9-19(25)10-8-18)23(30)15-28(37(5,34)35)21-13-20(29(32)33)11-12-22(21)36-4/h7-13,16-17H,6,14-15H2,1-5H3,(H,26,31). The van der Waals surface area contributed by atoms with Gasteiger partial charge in [0.25, 0.3) is 5.69 Å². The van der Waals surface area contributed by atoms with Crippen LogP contribution in [0.1, 0.15) is 32.8 Å². The number of hydrogen-bond donors (Lipinski definition) is 1. The SMILES string of the molecule is CCC(C)NC(=O)C(C)N(Cc1ccc(Cl)cc1)C(=O)CN(c1cc([N+](=O)[O-])ccc1OC)S(C)(=O)=O. The molecule has 2 unspecified atom stereocenters. The Kier molecular flexibility index (Phi) is 10.3. The van der Waals surface area contributed by atoms with E-state index in [0.717, 1.165) is 16.6 Å². The van der Waals surface area contributed by atoms with Crippen LogP contribution in [0.5, 0.6) is 5.75 Å². The van der Waals surface area contributed by atoms with Crippen molar-refractivity contribution in [1.82, 2.24) is 10.2 Å². The maximum absolute atomic E-state index is 13.6. The molecule has 0 fully saturated rings. The number of sulfonamides is 1. The average molecular weight is 555 g/mol. The molecule has 37 heavy (non-hydrogen) atoms. The first-order valence-corrected chi connectivity index (χ1v) is 13.7. The summed E-state index contributed by atoms with van der Waals surface area (Å²) in [5, 5.41) is 14.7. The van der Waals surface area contributed by atoms with Crippen LogP contribution >= 0.6 is 11.6 Å². The molecule has 2 rings (SSSR count). The van der Waals surface area contributed by atoms with Crippen LogP contribution in [-0.4, -0.2) is 62.0 Å². The molecule has 0 aliphatic rings. The molecule has 13 heteroatoms. The van der Waals surface area contributed by atoms with E-state index in [4.69, 9.17) is 16.3 Å². The molecule has 0 heterocycles. The molecule has 2 aromatic carbocycles. The van der Waals surface area contributed by atoms with E-state index in [-0.39, 0.29) is 29.7 Å². The summed E-state index contributed by atoms with van der Waals surface area (Å²) >= 11 is 5.97. The van der Waals surface area contributed by atoms with E-state index in [2.05, 4.69) is 5.32 Å². The minimum Gasteiger partial charge on any atom is -0.495 e. The summed E-state index contributed by atoms with van der Waals surface area (Å²) < 4.78 is 31.5. The minimum atomic E-state index is -4.10.